The Balaban J connectivity index is 2.50. The third-order valence-electron chi connectivity index (χ3n) is 3.67. The van der Waals surface area contributed by atoms with Crippen LogP contribution in [0.2, 0.25) is 45.3 Å². The first-order valence-electron chi connectivity index (χ1n) is 8.03. The van der Waals surface area contributed by atoms with Crippen molar-refractivity contribution in [2.24, 2.45) is 0 Å². The summed E-state index contributed by atoms with van der Waals surface area (Å²) in [6, 6.07) is 10.4. The van der Waals surface area contributed by atoms with Crippen molar-refractivity contribution in [2.75, 3.05) is 0 Å². The Morgan fingerprint density at radius 3 is 2.00 bits per heavy atom. The van der Waals surface area contributed by atoms with Gasteiger partial charge in [-0.05, 0) is 30.0 Å². The maximum atomic E-state index is 4.25. The summed E-state index contributed by atoms with van der Waals surface area (Å²) in [4.78, 5) is 0. The Morgan fingerprint density at radius 2 is 1.52 bits per heavy atom. The lowest BCUT2D eigenvalue weighted by Gasteiger charge is -2.17. The summed E-state index contributed by atoms with van der Waals surface area (Å²) in [5, 5.41) is 1.52. The molecule has 0 radical (unpaired) electrons. The minimum Gasteiger partial charge on any atom is -0.0952 e. The van der Waals surface area contributed by atoms with Crippen molar-refractivity contribution in [3.8, 4) is 0 Å². The standard InChI is InChI=1S/C19H32Si2/c1-17(11-9-8-10-16-20(2,3)4)18-12-14-19(15-13-18)21(5,6)7/h8,10,12-15H,1,9,11,16H2,2-7H3/b10-8+. The van der Waals surface area contributed by atoms with E-state index in [9.17, 15) is 0 Å². The smallest absolute Gasteiger partial charge is 0.0775 e. The molecule has 0 amide bonds. The number of benzene rings is 1. The van der Waals surface area contributed by atoms with Crippen molar-refractivity contribution in [1.82, 2.24) is 0 Å². The summed E-state index contributed by atoms with van der Waals surface area (Å²) in [5.74, 6) is 0. The van der Waals surface area contributed by atoms with E-state index in [0.29, 0.717) is 0 Å². The fraction of sp³-hybridized carbons (Fsp3) is 0.474. The first-order valence-corrected chi connectivity index (χ1v) is 15.2. The van der Waals surface area contributed by atoms with Gasteiger partial charge in [-0.3, -0.25) is 0 Å². The largest absolute Gasteiger partial charge is 0.0952 e. The summed E-state index contributed by atoms with van der Waals surface area (Å²) >= 11 is 0. The fourth-order valence-corrected chi connectivity index (χ4v) is 4.20. The second-order valence-corrected chi connectivity index (χ2v) is 18.8. The van der Waals surface area contributed by atoms with Crippen molar-refractivity contribution in [1.29, 1.82) is 0 Å². The number of hydrogen-bond donors (Lipinski definition) is 0. The third-order valence-corrected chi connectivity index (χ3v) is 7.19. The maximum absolute atomic E-state index is 4.25. The van der Waals surface area contributed by atoms with Crippen molar-refractivity contribution in [3.63, 3.8) is 0 Å². The molecule has 0 aromatic heterocycles. The molecule has 0 spiro atoms. The van der Waals surface area contributed by atoms with Gasteiger partial charge in [0.2, 0.25) is 0 Å². The zero-order valence-corrected chi connectivity index (χ0v) is 16.8. The van der Waals surface area contributed by atoms with E-state index in [-0.39, 0.29) is 0 Å². The molecule has 0 aliphatic heterocycles. The molecule has 0 N–H and O–H groups in total. The first-order chi connectivity index (χ1) is 9.59. The molecule has 0 bridgehead atoms. The molecule has 0 aliphatic carbocycles. The van der Waals surface area contributed by atoms with Gasteiger partial charge in [0, 0.05) is 8.07 Å². The Labute approximate surface area is 134 Å². The van der Waals surface area contributed by atoms with Crippen molar-refractivity contribution < 1.29 is 0 Å². The van der Waals surface area contributed by atoms with Crippen LogP contribution in [0.5, 0.6) is 0 Å². The zero-order valence-electron chi connectivity index (χ0n) is 14.8. The van der Waals surface area contributed by atoms with Gasteiger partial charge >= 0.3 is 0 Å². The van der Waals surface area contributed by atoms with Crippen LogP contribution >= 0.6 is 0 Å². The van der Waals surface area contributed by atoms with E-state index >= 15 is 0 Å². The summed E-state index contributed by atoms with van der Waals surface area (Å²) in [6.45, 7) is 18.7. The average Bonchev–Trinajstić information content (AvgIpc) is 2.36. The normalized spacial score (nSPS) is 12.9. The van der Waals surface area contributed by atoms with Crippen molar-refractivity contribution in [2.45, 2.75) is 58.2 Å². The topological polar surface area (TPSA) is 0 Å². The first kappa shape index (κ1) is 18.2. The zero-order chi connectivity index (χ0) is 16.1. The molecule has 21 heavy (non-hydrogen) atoms. The van der Waals surface area contributed by atoms with Gasteiger partial charge in [0.05, 0.1) is 8.07 Å². The highest BCUT2D eigenvalue weighted by molar-refractivity contribution is 6.88. The SMILES string of the molecule is C=C(CC/C=C/C[Si](C)(C)C)c1ccc([Si](C)(C)C)cc1. The monoisotopic (exact) mass is 316 g/mol. The summed E-state index contributed by atoms with van der Waals surface area (Å²) in [7, 11) is -2.11. The van der Waals surface area contributed by atoms with Crippen LogP contribution in [0.3, 0.4) is 0 Å². The summed E-state index contributed by atoms with van der Waals surface area (Å²) in [6.07, 6.45) is 6.88. The van der Waals surface area contributed by atoms with Crippen molar-refractivity contribution >= 4 is 26.9 Å². The Bertz CT molecular complexity index is 482. The van der Waals surface area contributed by atoms with Crippen molar-refractivity contribution in [3.05, 3.63) is 48.6 Å². The highest BCUT2D eigenvalue weighted by atomic mass is 28.3. The quantitative estimate of drug-likeness (QED) is 0.432. The van der Waals surface area contributed by atoms with Crippen LogP contribution in [0, 0.1) is 0 Å². The Kier molecular flexibility index (Phi) is 6.42. The molecular weight excluding hydrogens is 284 g/mol. The lowest BCUT2D eigenvalue weighted by atomic mass is 10.0. The second kappa shape index (κ2) is 7.41. The predicted octanol–water partition coefficient (Wildman–Crippen LogP) is 5.92. The predicted molar refractivity (Wildman–Crippen MR) is 105 cm³/mol. The number of rotatable bonds is 7. The number of allylic oxidation sites excluding steroid dienone is 3. The van der Waals surface area contributed by atoms with Gasteiger partial charge in [-0.25, -0.2) is 0 Å². The summed E-state index contributed by atoms with van der Waals surface area (Å²) in [5.41, 5.74) is 2.56. The van der Waals surface area contributed by atoms with E-state index in [2.05, 4.69) is 82.3 Å². The van der Waals surface area contributed by atoms with E-state index in [1.165, 1.54) is 22.4 Å². The second-order valence-electron chi connectivity index (χ2n) is 8.21. The lowest BCUT2D eigenvalue weighted by molar-refractivity contribution is 1.07. The van der Waals surface area contributed by atoms with Gasteiger partial charge in [0.15, 0.2) is 0 Å². The Hall–Kier alpha value is -0.866. The number of hydrogen-bond acceptors (Lipinski definition) is 0. The molecule has 0 heterocycles. The van der Waals surface area contributed by atoms with Gasteiger partial charge in [0.25, 0.3) is 0 Å². The van der Waals surface area contributed by atoms with Crippen LogP contribution < -0.4 is 5.19 Å². The van der Waals surface area contributed by atoms with E-state index in [4.69, 9.17) is 0 Å². The molecule has 1 aromatic rings. The van der Waals surface area contributed by atoms with Crippen LogP contribution in [0.4, 0.5) is 0 Å². The van der Waals surface area contributed by atoms with Crippen LogP contribution in [-0.2, 0) is 0 Å². The lowest BCUT2D eigenvalue weighted by Crippen LogP contribution is -2.37. The molecule has 1 aromatic carbocycles. The molecule has 0 unspecified atom stereocenters. The van der Waals surface area contributed by atoms with Crippen LogP contribution in [0.1, 0.15) is 18.4 Å². The van der Waals surface area contributed by atoms with Crippen LogP contribution in [0.25, 0.3) is 5.57 Å². The van der Waals surface area contributed by atoms with Gasteiger partial charge in [-0.15, -0.1) is 0 Å². The average molecular weight is 317 g/mol. The van der Waals surface area contributed by atoms with Gasteiger partial charge in [-0.1, -0.05) is 87.5 Å². The molecule has 0 aliphatic rings. The van der Waals surface area contributed by atoms with Gasteiger partial charge < -0.3 is 0 Å². The summed E-state index contributed by atoms with van der Waals surface area (Å²) < 4.78 is 0. The van der Waals surface area contributed by atoms with Crippen LogP contribution in [0.15, 0.2) is 43.0 Å². The molecule has 0 nitrogen and oxygen atoms in total. The van der Waals surface area contributed by atoms with E-state index in [1.807, 2.05) is 0 Å². The third kappa shape index (κ3) is 7.10. The molecule has 116 valence electrons. The highest BCUT2D eigenvalue weighted by Crippen LogP contribution is 2.18. The van der Waals surface area contributed by atoms with E-state index in [0.717, 1.165) is 12.8 Å². The van der Waals surface area contributed by atoms with Gasteiger partial charge in [-0.2, -0.15) is 0 Å². The molecule has 0 atom stereocenters. The van der Waals surface area contributed by atoms with E-state index in [1.54, 1.807) is 0 Å². The van der Waals surface area contributed by atoms with Gasteiger partial charge in [0.1, 0.15) is 0 Å². The molecule has 0 saturated heterocycles. The highest BCUT2D eigenvalue weighted by Gasteiger charge is 2.15. The minimum absolute atomic E-state index is 0.928. The molecule has 1 rings (SSSR count). The molecule has 2 heteroatoms. The Morgan fingerprint density at radius 1 is 0.952 bits per heavy atom. The fourth-order valence-electron chi connectivity index (χ4n) is 2.16. The molecular formula is C19H32Si2. The molecule has 0 saturated carbocycles. The molecule has 0 fully saturated rings. The van der Waals surface area contributed by atoms with E-state index < -0.39 is 16.1 Å². The minimum atomic E-state index is -1.18. The maximum Gasteiger partial charge on any atom is 0.0775 e. The van der Waals surface area contributed by atoms with Crippen LogP contribution in [-0.4, -0.2) is 16.1 Å².